The van der Waals surface area contributed by atoms with Crippen molar-refractivity contribution in [2.45, 2.75) is 20.3 Å². The average Bonchev–Trinajstić information content (AvgIpc) is 3.50. The zero-order valence-corrected chi connectivity index (χ0v) is 21.1. The predicted molar refractivity (Wildman–Crippen MR) is 153 cm³/mol. The molecule has 0 N–H and O–H groups in total. The summed E-state index contributed by atoms with van der Waals surface area (Å²) in [6.07, 6.45) is 3.25. The van der Waals surface area contributed by atoms with Crippen molar-refractivity contribution in [3.63, 3.8) is 0 Å². The zero-order chi connectivity index (χ0) is 24.2. The number of aromatic nitrogens is 3. The Balaban J connectivity index is 1.35. The van der Waals surface area contributed by atoms with E-state index in [4.69, 9.17) is 0 Å². The summed E-state index contributed by atoms with van der Waals surface area (Å²) in [5.74, 6) is 1.45. The second-order valence-electron chi connectivity index (χ2n) is 9.87. The Morgan fingerprint density at radius 3 is 2.19 bits per heavy atom. The van der Waals surface area contributed by atoms with Gasteiger partial charge in [0.25, 0.3) is 0 Å². The van der Waals surface area contributed by atoms with Crippen molar-refractivity contribution in [2.24, 2.45) is 5.92 Å². The molecule has 7 rings (SSSR count). The van der Waals surface area contributed by atoms with Crippen LogP contribution in [0.5, 0.6) is 0 Å². The smallest absolute Gasteiger partial charge is 0.168 e. The van der Waals surface area contributed by atoms with E-state index in [0.29, 0.717) is 5.92 Å². The van der Waals surface area contributed by atoms with E-state index in [1.54, 1.807) is 0 Å². The van der Waals surface area contributed by atoms with Gasteiger partial charge in [-0.25, -0.2) is 0 Å². The van der Waals surface area contributed by atoms with Crippen LogP contribution in [0, 0.1) is 5.92 Å². The number of hydrogen-bond acceptors (Lipinski definition) is 3. The van der Waals surface area contributed by atoms with Crippen LogP contribution in [0.3, 0.4) is 0 Å². The Morgan fingerprint density at radius 2 is 1.39 bits per heavy atom. The van der Waals surface area contributed by atoms with Gasteiger partial charge in [-0.05, 0) is 40.5 Å². The van der Waals surface area contributed by atoms with Crippen LogP contribution in [0.4, 0.5) is 0 Å². The lowest BCUT2D eigenvalue weighted by Crippen LogP contribution is -2.00. The Hall–Kier alpha value is -4.02. The Bertz CT molecular complexity index is 1890. The second-order valence-corrected chi connectivity index (χ2v) is 10.9. The maximum atomic E-state index is 4.63. The van der Waals surface area contributed by atoms with Crippen LogP contribution in [0.2, 0.25) is 0 Å². The van der Waals surface area contributed by atoms with Crippen LogP contribution in [0.25, 0.3) is 59.1 Å². The van der Waals surface area contributed by atoms with Crippen molar-refractivity contribution >= 4 is 47.9 Å². The van der Waals surface area contributed by atoms with Gasteiger partial charge in [-0.3, -0.25) is 4.40 Å². The molecule has 0 bridgehead atoms. The third kappa shape index (κ3) is 3.33. The summed E-state index contributed by atoms with van der Waals surface area (Å²) < 4.78 is 4.84. The summed E-state index contributed by atoms with van der Waals surface area (Å²) >= 11 is 1.87. The van der Waals surface area contributed by atoms with Gasteiger partial charge in [0.15, 0.2) is 11.5 Å². The summed E-state index contributed by atoms with van der Waals surface area (Å²) in [6, 6.07) is 32.6. The summed E-state index contributed by atoms with van der Waals surface area (Å²) in [7, 11) is 0. The van der Waals surface area contributed by atoms with E-state index < -0.39 is 0 Å². The molecule has 174 valence electrons. The molecule has 4 aromatic carbocycles. The monoisotopic (exact) mass is 483 g/mol. The van der Waals surface area contributed by atoms with Crippen LogP contribution in [0.1, 0.15) is 19.4 Å². The third-order valence-electron chi connectivity index (χ3n) is 6.98. The first-order valence-electron chi connectivity index (χ1n) is 12.4. The second kappa shape index (κ2) is 8.28. The molecule has 3 heterocycles. The summed E-state index contributed by atoms with van der Waals surface area (Å²) in [4.78, 5) is 0. The van der Waals surface area contributed by atoms with E-state index >= 15 is 0 Å². The van der Waals surface area contributed by atoms with Gasteiger partial charge in [0.05, 0.1) is 0 Å². The van der Waals surface area contributed by atoms with Crippen molar-refractivity contribution in [1.29, 1.82) is 0 Å². The van der Waals surface area contributed by atoms with Gasteiger partial charge in [-0.1, -0.05) is 98.8 Å². The van der Waals surface area contributed by atoms with Crippen LogP contribution in [-0.4, -0.2) is 14.6 Å². The van der Waals surface area contributed by atoms with Gasteiger partial charge in [0.2, 0.25) is 0 Å². The van der Waals surface area contributed by atoms with Gasteiger partial charge in [0, 0.05) is 37.3 Å². The highest BCUT2D eigenvalue weighted by Crippen LogP contribution is 2.40. The highest BCUT2D eigenvalue weighted by Gasteiger charge is 2.15. The van der Waals surface area contributed by atoms with Gasteiger partial charge in [-0.2, -0.15) is 0 Å². The van der Waals surface area contributed by atoms with Crippen molar-refractivity contribution in [2.75, 3.05) is 0 Å². The Labute approximate surface area is 213 Å². The maximum Gasteiger partial charge on any atom is 0.168 e. The van der Waals surface area contributed by atoms with E-state index in [-0.39, 0.29) is 0 Å². The number of thiophene rings is 1. The molecule has 0 saturated carbocycles. The minimum absolute atomic E-state index is 0.571. The number of rotatable bonds is 4. The normalized spacial score (nSPS) is 12.0. The lowest BCUT2D eigenvalue weighted by Gasteiger charge is -2.11. The summed E-state index contributed by atoms with van der Waals surface area (Å²) in [6.45, 7) is 4.53. The van der Waals surface area contributed by atoms with E-state index in [0.717, 1.165) is 28.8 Å². The molecule has 7 aromatic rings. The minimum atomic E-state index is 0.571. The fourth-order valence-electron chi connectivity index (χ4n) is 5.35. The van der Waals surface area contributed by atoms with Gasteiger partial charge in [-0.15, -0.1) is 21.5 Å². The quantitative estimate of drug-likeness (QED) is 0.250. The molecule has 0 unspecified atom stereocenters. The first-order valence-corrected chi connectivity index (χ1v) is 13.3. The molecule has 0 spiro atoms. The molecule has 36 heavy (non-hydrogen) atoms. The van der Waals surface area contributed by atoms with E-state index in [1.165, 1.54) is 42.2 Å². The largest absolute Gasteiger partial charge is 0.282 e. The standard InChI is InChI=1S/C32H25N3S/c1-20(2)18-23-19-35-31(33-34-32(35)28-10-4-3-8-24(23)28)22-16-14-21(15-17-22)25-11-7-12-27-26-9-5-6-13-29(26)36-30(25)27/h3-17,19-20H,18H2,1-2H3. The first-order chi connectivity index (χ1) is 17.7. The molecule has 3 nitrogen and oxygen atoms in total. The molecule has 0 atom stereocenters. The van der Waals surface area contributed by atoms with Crippen molar-refractivity contribution in [3.8, 4) is 22.5 Å². The highest BCUT2D eigenvalue weighted by atomic mass is 32.1. The van der Waals surface area contributed by atoms with E-state index in [1.807, 2.05) is 11.3 Å². The number of nitrogens with zero attached hydrogens (tertiary/aromatic N) is 3. The number of hydrogen-bond donors (Lipinski definition) is 0. The average molecular weight is 484 g/mol. The SMILES string of the molecule is CC(C)Cc1cn2c(-c3ccc(-c4cccc5c4sc4ccccc45)cc3)nnc2c2ccccc12. The lowest BCUT2D eigenvalue weighted by atomic mass is 9.99. The van der Waals surface area contributed by atoms with Gasteiger partial charge >= 0.3 is 0 Å². The molecule has 0 amide bonds. The van der Waals surface area contributed by atoms with Crippen LogP contribution < -0.4 is 0 Å². The fourth-order valence-corrected chi connectivity index (χ4v) is 6.59. The molecule has 0 fully saturated rings. The number of fused-ring (bicyclic) bond motifs is 6. The van der Waals surface area contributed by atoms with Crippen molar-refractivity contribution in [1.82, 2.24) is 14.6 Å². The first kappa shape index (κ1) is 21.3. The van der Waals surface area contributed by atoms with Crippen molar-refractivity contribution < 1.29 is 0 Å². The lowest BCUT2D eigenvalue weighted by molar-refractivity contribution is 0.648. The molecule has 0 saturated heterocycles. The van der Waals surface area contributed by atoms with Crippen LogP contribution in [0.15, 0.2) is 97.2 Å². The van der Waals surface area contributed by atoms with Crippen molar-refractivity contribution in [3.05, 3.63) is 103 Å². The molecule has 0 aliphatic heterocycles. The molecule has 4 heteroatoms. The van der Waals surface area contributed by atoms with Gasteiger partial charge < -0.3 is 0 Å². The Kier molecular flexibility index (Phi) is 4.90. The van der Waals surface area contributed by atoms with E-state index in [2.05, 4.69) is 126 Å². The zero-order valence-electron chi connectivity index (χ0n) is 20.3. The number of pyridine rings is 1. The molecule has 0 radical (unpaired) electrons. The third-order valence-corrected chi connectivity index (χ3v) is 8.20. The molecule has 3 aromatic heterocycles. The molecular formula is C32H25N3S. The summed E-state index contributed by atoms with van der Waals surface area (Å²) in [5, 5.41) is 14.3. The molecule has 0 aliphatic carbocycles. The minimum Gasteiger partial charge on any atom is -0.282 e. The van der Waals surface area contributed by atoms with Crippen LogP contribution in [-0.2, 0) is 6.42 Å². The van der Waals surface area contributed by atoms with Gasteiger partial charge in [0.1, 0.15) is 0 Å². The number of benzene rings is 4. The highest BCUT2D eigenvalue weighted by molar-refractivity contribution is 7.26. The molecule has 0 aliphatic rings. The molecular weight excluding hydrogens is 458 g/mol. The predicted octanol–water partition coefficient (Wildman–Crippen LogP) is 8.78. The Morgan fingerprint density at radius 1 is 0.694 bits per heavy atom. The maximum absolute atomic E-state index is 4.63. The van der Waals surface area contributed by atoms with E-state index in [9.17, 15) is 0 Å². The topological polar surface area (TPSA) is 30.2 Å². The van der Waals surface area contributed by atoms with Crippen LogP contribution >= 0.6 is 11.3 Å². The fraction of sp³-hybridized carbons (Fsp3) is 0.125. The summed E-state index contributed by atoms with van der Waals surface area (Å²) in [5.41, 5.74) is 5.81.